The first-order chi connectivity index (χ1) is 13.4. The largest absolute Gasteiger partial charge is 0.477 e. The highest BCUT2D eigenvalue weighted by Crippen LogP contribution is 2.49. The zero-order chi connectivity index (χ0) is 20.0. The molecule has 28 heavy (non-hydrogen) atoms. The molecular weight excluding hydrogens is 408 g/mol. The second-order valence-electron chi connectivity index (χ2n) is 6.31. The SMILES string of the molecule is O=C1C[C@H](c2cccc(F)c2F)c2sc(C(=O)O)c(-c3ccc(Cl)cc3)c2N1. The molecule has 0 aliphatic carbocycles. The van der Waals surface area contributed by atoms with Gasteiger partial charge >= 0.3 is 5.97 Å². The maximum Gasteiger partial charge on any atom is 0.346 e. The number of aromatic carboxylic acids is 1. The van der Waals surface area contributed by atoms with Crippen LogP contribution < -0.4 is 5.32 Å². The van der Waals surface area contributed by atoms with Gasteiger partial charge in [0.25, 0.3) is 0 Å². The molecule has 2 heterocycles. The third-order valence-electron chi connectivity index (χ3n) is 4.59. The number of hydrogen-bond donors (Lipinski definition) is 2. The lowest BCUT2D eigenvalue weighted by Gasteiger charge is -2.24. The number of amides is 1. The molecule has 0 fully saturated rings. The summed E-state index contributed by atoms with van der Waals surface area (Å²) in [6.07, 6.45) is -0.104. The van der Waals surface area contributed by atoms with E-state index in [4.69, 9.17) is 11.6 Å². The lowest BCUT2D eigenvalue weighted by atomic mass is 9.88. The number of carboxylic acids is 1. The van der Waals surface area contributed by atoms with Crippen LogP contribution in [-0.2, 0) is 4.79 Å². The molecule has 0 bridgehead atoms. The fourth-order valence-electron chi connectivity index (χ4n) is 3.37. The molecular formula is C20H12ClF2NO3S. The lowest BCUT2D eigenvalue weighted by Crippen LogP contribution is -2.23. The fraction of sp³-hybridized carbons (Fsp3) is 0.100. The molecule has 4 rings (SSSR count). The van der Waals surface area contributed by atoms with E-state index >= 15 is 0 Å². The van der Waals surface area contributed by atoms with Gasteiger partial charge in [-0.1, -0.05) is 35.9 Å². The Morgan fingerprint density at radius 1 is 1.18 bits per heavy atom. The van der Waals surface area contributed by atoms with Crippen molar-refractivity contribution in [2.75, 3.05) is 5.32 Å². The Bertz CT molecular complexity index is 1110. The van der Waals surface area contributed by atoms with E-state index in [9.17, 15) is 23.5 Å². The summed E-state index contributed by atoms with van der Waals surface area (Å²) in [5.41, 5.74) is 1.23. The van der Waals surface area contributed by atoms with E-state index in [1.54, 1.807) is 24.3 Å². The smallest absolute Gasteiger partial charge is 0.346 e. The van der Waals surface area contributed by atoms with E-state index in [2.05, 4.69) is 5.32 Å². The number of carbonyl (C=O) groups excluding carboxylic acids is 1. The van der Waals surface area contributed by atoms with Crippen LogP contribution in [0.25, 0.3) is 11.1 Å². The van der Waals surface area contributed by atoms with Crippen molar-refractivity contribution in [3.63, 3.8) is 0 Å². The number of hydrogen-bond acceptors (Lipinski definition) is 3. The van der Waals surface area contributed by atoms with E-state index < -0.39 is 29.4 Å². The Balaban J connectivity index is 1.96. The third-order valence-corrected chi connectivity index (χ3v) is 6.13. The standard InChI is InChI=1S/C20H12ClF2NO3S/c21-10-6-4-9(5-7-10)15-17-18(28-19(15)20(26)27)12(8-14(25)24-17)11-2-1-3-13(22)16(11)23/h1-7,12H,8H2,(H,24,25)(H,26,27)/t12-/m1/s1. The Labute approximate surface area is 167 Å². The maximum atomic E-state index is 14.4. The summed E-state index contributed by atoms with van der Waals surface area (Å²) in [5, 5.41) is 12.9. The summed E-state index contributed by atoms with van der Waals surface area (Å²) in [6, 6.07) is 10.3. The Morgan fingerprint density at radius 2 is 1.89 bits per heavy atom. The maximum absolute atomic E-state index is 14.4. The van der Waals surface area contributed by atoms with Gasteiger partial charge in [0.1, 0.15) is 4.88 Å². The minimum Gasteiger partial charge on any atom is -0.477 e. The van der Waals surface area contributed by atoms with Gasteiger partial charge in [-0.25, -0.2) is 13.6 Å². The molecule has 0 saturated carbocycles. The van der Waals surface area contributed by atoms with Crippen molar-refractivity contribution in [3.8, 4) is 11.1 Å². The van der Waals surface area contributed by atoms with Crippen LogP contribution in [0, 0.1) is 11.6 Å². The van der Waals surface area contributed by atoms with Crippen molar-refractivity contribution in [2.24, 2.45) is 0 Å². The second kappa shape index (κ2) is 7.00. The summed E-state index contributed by atoms with van der Waals surface area (Å²) < 4.78 is 28.2. The highest BCUT2D eigenvalue weighted by Gasteiger charge is 2.35. The summed E-state index contributed by atoms with van der Waals surface area (Å²) in [7, 11) is 0. The summed E-state index contributed by atoms with van der Waals surface area (Å²) in [4.78, 5) is 24.7. The second-order valence-corrected chi connectivity index (χ2v) is 7.79. The van der Waals surface area contributed by atoms with Gasteiger partial charge in [0, 0.05) is 27.8 Å². The van der Waals surface area contributed by atoms with Gasteiger partial charge in [-0.05, 0) is 29.3 Å². The third kappa shape index (κ3) is 3.06. The number of carboxylic acid groups (broad SMARTS) is 1. The molecule has 1 aromatic heterocycles. The van der Waals surface area contributed by atoms with Crippen molar-refractivity contribution in [3.05, 3.63) is 74.4 Å². The molecule has 0 spiro atoms. The summed E-state index contributed by atoms with van der Waals surface area (Å²) >= 11 is 6.87. The lowest BCUT2D eigenvalue weighted by molar-refractivity contribution is -0.116. The molecule has 3 aromatic rings. The molecule has 0 unspecified atom stereocenters. The van der Waals surface area contributed by atoms with Crippen LogP contribution in [0.1, 0.15) is 32.5 Å². The predicted octanol–water partition coefficient (Wildman–Crippen LogP) is 5.52. The zero-order valence-corrected chi connectivity index (χ0v) is 15.7. The van der Waals surface area contributed by atoms with Crippen molar-refractivity contribution in [1.82, 2.24) is 0 Å². The number of nitrogens with one attached hydrogen (secondary N) is 1. The molecule has 1 amide bonds. The van der Waals surface area contributed by atoms with Gasteiger partial charge < -0.3 is 10.4 Å². The van der Waals surface area contributed by atoms with Crippen molar-refractivity contribution >= 4 is 40.5 Å². The predicted molar refractivity (Wildman–Crippen MR) is 103 cm³/mol. The van der Waals surface area contributed by atoms with Crippen molar-refractivity contribution in [2.45, 2.75) is 12.3 Å². The number of anilines is 1. The van der Waals surface area contributed by atoms with Crippen LogP contribution in [-0.4, -0.2) is 17.0 Å². The molecule has 0 saturated heterocycles. The Morgan fingerprint density at radius 3 is 2.57 bits per heavy atom. The molecule has 8 heteroatoms. The van der Waals surface area contributed by atoms with E-state index in [-0.39, 0.29) is 16.9 Å². The van der Waals surface area contributed by atoms with Crippen molar-refractivity contribution in [1.29, 1.82) is 0 Å². The van der Waals surface area contributed by atoms with Gasteiger partial charge in [0.05, 0.1) is 5.69 Å². The number of carbonyl (C=O) groups is 2. The van der Waals surface area contributed by atoms with Gasteiger partial charge in [-0.3, -0.25) is 4.79 Å². The minimum absolute atomic E-state index is 0.0105. The zero-order valence-electron chi connectivity index (χ0n) is 14.1. The van der Waals surface area contributed by atoms with Gasteiger partial charge in [0.15, 0.2) is 11.6 Å². The summed E-state index contributed by atoms with van der Waals surface area (Å²) in [6.45, 7) is 0. The van der Waals surface area contributed by atoms with Gasteiger partial charge in [0.2, 0.25) is 5.91 Å². The normalized spacial score (nSPS) is 15.8. The number of thiophene rings is 1. The Hall–Kier alpha value is -2.77. The minimum atomic E-state index is -1.17. The van der Waals surface area contributed by atoms with E-state index in [0.717, 1.165) is 17.4 Å². The highest BCUT2D eigenvalue weighted by molar-refractivity contribution is 7.15. The topological polar surface area (TPSA) is 66.4 Å². The van der Waals surface area contributed by atoms with Crippen LogP contribution in [0.4, 0.5) is 14.5 Å². The van der Waals surface area contributed by atoms with E-state index in [1.165, 1.54) is 12.1 Å². The molecule has 2 N–H and O–H groups in total. The summed E-state index contributed by atoms with van der Waals surface area (Å²) in [5.74, 6) is -4.39. The molecule has 4 nitrogen and oxygen atoms in total. The van der Waals surface area contributed by atoms with Crippen molar-refractivity contribution < 1.29 is 23.5 Å². The molecule has 142 valence electrons. The number of benzene rings is 2. The molecule has 1 atom stereocenters. The van der Waals surface area contributed by atoms with Crippen LogP contribution in [0.5, 0.6) is 0 Å². The van der Waals surface area contributed by atoms with Gasteiger partial charge in [-0.2, -0.15) is 0 Å². The van der Waals surface area contributed by atoms with Gasteiger partial charge in [-0.15, -0.1) is 11.3 Å². The first-order valence-electron chi connectivity index (χ1n) is 8.26. The van der Waals surface area contributed by atoms with Crippen LogP contribution in [0.2, 0.25) is 5.02 Å². The number of fused-ring (bicyclic) bond motifs is 1. The molecule has 2 aromatic carbocycles. The average Bonchev–Trinajstić information content (AvgIpc) is 3.04. The van der Waals surface area contributed by atoms with Crippen LogP contribution in [0.3, 0.4) is 0 Å². The molecule has 1 aliphatic rings. The highest BCUT2D eigenvalue weighted by atomic mass is 35.5. The van der Waals surface area contributed by atoms with E-state index in [0.29, 0.717) is 26.7 Å². The first-order valence-corrected chi connectivity index (χ1v) is 9.46. The van der Waals surface area contributed by atoms with Crippen LogP contribution >= 0.6 is 22.9 Å². The quantitative estimate of drug-likeness (QED) is 0.587. The molecule has 0 radical (unpaired) electrons. The molecule has 1 aliphatic heterocycles. The first kappa shape index (κ1) is 18.6. The Kier molecular flexibility index (Phi) is 4.64. The van der Waals surface area contributed by atoms with E-state index in [1.807, 2.05) is 0 Å². The number of halogens is 3. The van der Waals surface area contributed by atoms with Crippen LogP contribution in [0.15, 0.2) is 42.5 Å². The monoisotopic (exact) mass is 419 g/mol. The fourth-order valence-corrected chi connectivity index (χ4v) is 4.73. The number of rotatable bonds is 3. The average molecular weight is 420 g/mol.